The molecule has 1 aliphatic heterocycles. The number of piperazine rings is 1. The predicted octanol–water partition coefficient (Wildman–Crippen LogP) is 0.870. The number of alkyl halides is 3. The second-order valence-electron chi connectivity index (χ2n) is 5.89. The first-order valence-electron chi connectivity index (χ1n) is 6.94. The van der Waals surface area contributed by atoms with Crippen molar-refractivity contribution < 1.29 is 27.8 Å². The van der Waals surface area contributed by atoms with E-state index in [1.165, 1.54) is 0 Å². The van der Waals surface area contributed by atoms with Gasteiger partial charge in [0.05, 0.1) is 18.6 Å². The number of nitrogens with zero attached hydrogens (tertiary/aromatic N) is 2. The van der Waals surface area contributed by atoms with Crippen molar-refractivity contribution in [2.24, 2.45) is 0 Å². The lowest BCUT2D eigenvalue weighted by atomic mass is 10.1. The van der Waals surface area contributed by atoms with E-state index in [4.69, 9.17) is 0 Å². The van der Waals surface area contributed by atoms with E-state index >= 15 is 0 Å². The first-order valence-corrected chi connectivity index (χ1v) is 6.94. The van der Waals surface area contributed by atoms with Gasteiger partial charge in [0.25, 0.3) is 0 Å². The van der Waals surface area contributed by atoms with Crippen molar-refractivity contribution in [1.29, 1.82) is 0 Å². The first-order chi connectivity index (χ1) is 9.57. The number of β-amino-alcohol motifs (C(OH)–C–C–N with tert-alkyl or cyclic N) is 1. The third kappa shape index (κ3) is 8.23. The fourth-order valence-corrected chi connectivity index (χ4v) is 2.21. The number of carbonyl (C=O) groups is 1. The average molecular weight is 312 g/mol. The fraction of sp³-hybridized carbons (Fsp3) is 0.923. The Kier molecular flexibility index (Phi) is 6.42. The number of ether oxygens (including phenoxy) is 1. The van der Waals surface area contributed by atoms with E-state index in [0.29, 0.717) is 32.7 Å². The maximum atomic E-state index is 11.9. The molecule has 1 heterocycles. The molecule has 0 aromatic rings. The van der Waals surface area contributed by atoms with Crippen LogP contribution in [0.4, 0.5) is 13.2 Å². The van der Waals surface area contributed by atoms with Gasteiger partial charge in [-0.05, 0) is 13.8 Å². The number of rotatable bonds is 6. The molecule has 0 atom stereocenters. The summed E-state index contributed by atoms with van der Waals surface area (Å²) in [7, 11) is 0. The van der Waals surface area contributed by atoms with Crippen LogP contribution in [0.25, 0.3) is 0 Å². The van der Waals surface area contributed by atoms with Crippen LogP contribution >= 0.6 is 0 Å². The molecule has 0 bridgehead atoms. The molecule has 1 rings (SSSR count). The van der Waals surface area contributed by atoms with Gasteiger partial charge in [-0.3, -0.25) is 9.69 Å². The van der Waals surface area contributed by atoms with Crippen molar-refractivity contribution >= 4 is 5.91 Å². The summed E-state index contributed by atoms with van der Waals surface area (Å²) in [5.41, 5.74) is -0.780. The Balaban J connectivity index is 2.20. The lowest BCUT2D eigenvalue weighted by Gasteiger charge is -2.37. The molecule has 0 aromatic carbocycles. The van der Waals surface area contributed by atoms with Crippen molar-refractivity contribution in [1.82, 2.24) is 9.80 Å². The largest absolute Gasteiger partial charge is 0.411 e. The second-order valence-corrected chi connectivity index (χ2v) is 5.89. The van der Waals surface area contributed by atoms with Gasteiger partial charge in [0.1, 0.15) is 6.61 Å². The molecular weight excluding hydrogens is 289 g/mol. The molecule has 124 valence electrons. The molecular formula is C13H23F3N2O3. The maximum absolute atomic E-state index is 11.9. The van der Waals surface area contributed by atoms with E-state index in [9.17, 15) is 23.1 Å². The smallest absolute Gasteiger partial charge is 0.389 e. The van der Waals surface area contributed by atoms with E-state index in [1.54, 1.807) is 18.7 Å². The Morgan fingerprint density at radius 3 is 2.24 bits per heavy atom. The van der Waals surface area contributed by atoms with Crippen molar-refractivity contribution in [3.05, 3.63) is 0 Å². The summed E-state index contributed by atoms with van der Waals surface area (Å²) >= 11 is 0. The van der Waals surface area contributed by atoms with Crippen LogP contribution in [-0.2, 0) is 9.53 Å². The summed E-state index contributed by atoms with van der Waals surface area (Å²) in [5.74, 6) is -0.194. The fourth-order valence-electron chi connectivity index (χ4n) is 2.21. The van der Waals surface area contributed by atoms with Crippen LogP contribution in [0.5, 0.6) is 0 Å². The van der Waals surface area contributed by atoms with Crippen LogP contribution < -0.4 is 0 Å². The summed E-state index contributed by atoms with van der Waals surface area (Å²) < 4.78 is 40.0. The number of halogens is 3. The molecule has 1 aliphatic rings. The van der Waals surface area contributed by atoms with Crippen LogP contribution in [0.15, 0.2) is 0 Å². The minimum absolute atomic E-state index is 0.0401. The number of hydrogen-bond acceptors (Lipinski definition) is 4. The molecule has 0 saturated carbocycles. The van der Waals surface area contributed by atoms with Gasteiger partial charge in [-0.2, -0.15) is 13.2 Å². The van der Waals surface area contributed by atoms with Gasteiger partial charge >= 0.3 is 6.18 Å². The maximum Gasteiger partial charge on any atom is 0.411 e. The summed E-state index contributed by atoms with van der Waals surface area (Å²) in [4.78, 5) is 15.5. The molecule has 0 aromatic heterocycles. The Labute approximate surface area is 122 Å². The van der Waals surface area contributed by atoms with Gasteiger partial charge in [-0.25, -0.2) is 0 Å². The van der Waals surface area contributed by atoms with Gasteiger partial charge in [0.2, 0.25) is 5.91 Å². The van der Waals surface area contributed by atoms with Crippen LogP contribution in [0.2, 0.25) is 0 Å². The lowest BCUT2D eigenvalue weighted by molar-refractivity contribution is -0.175. The minimum Gasteiger partial charge on any atom is -0.389 e. The van der Waals surface area contributed by atoms with E-state index in [-0.39, 0.29) is 18.9 Å². The molecule has 1 N–H and O–H groups in total. The van der Waals surface area contributed by atoms with E-state index < -0.39 is 18.4 Å². The number of hydrogen-bond donors (Lipinski definition) is 1. The molecule has 0 spiro atoms. The average Bonchev–Trinajstić information content (AvgIpc) is 2.32. The van der Waals surface area contributed by atoms with Crippen LogP contribution in [0.3, 0.4) is 0 Å². The Bertz CT molecular complexity index is 335. The normalized spacial score (nSPS) is 18.1. The quantitative estimate of drug-likeness (QED) is 0.740. The molecule has 0 aliphatic carbocycles. The van der Waals surface area contributed by atoms with Crippen molar-refractivity contribution in [2.75, 3.05) is 45.9 Å². The van der Waals surface area contributed by atoms with Gasteiger partial charge in [-0.1, -0.05) is 0 Å². The zero-order chi connectivity index (χ0) is 16.1. The Morgan fingerprint density at radius 1 is 1.19 bits per heavy atom. The highest BCUT2D eigenvalue weighted by Gasteiger charge is 2.28. The Morgan fingerprint density at radius 2 is 1.76 bits per heavy atom. The monoisotopic (exact) mass is 312 g/mol. The standard InChI is InChI=1S/C13H23F3N2O3/c1-12(2,20)9-17-4-6-18(7-5-17)11(19)3-8-21-10-13(14,15)16/h20H,3-10H2,1-2H3. The van der Waals surface area contributed by atoms with E-state index in [2.05, 4.69) is 9.64 Å². The predicted molar refractivity (Wildman–Crippen MR) is 70.8 cm³/mol. The molecule has 5 nitrogen and oxygen atoms in total. The third-order valence-corrected chi connectivity index (χ3v) is 3.06. The molecule has 1 amide bonds. The summed E-state index contributed by atoms with van der Waals surface area (Å²) in [5, 5.41) is 9.72. The van der Waals surface area contributed by atoms with Crippen molar-refractivity contribution in [2.45, 2.75) is 32.0 Å². The van der Waals surface area contributed by atoms with Crippen LogP contribution in [-0.4, -0.2) is 78.5 Å². The molecule has 0 unspecified atom stereocenters. The lowest BCUT2D eigenvalue weighted by Crippen LogP contribution is -2.52. The van der Waals surface area contributed by atoms with Gasteiger partial charge in [0, 0.05) is 32.7 Å². The summed E-state index contributed by atoms with van der Waals surface area (Å²) in [6.45, 7) is 4.79. The zero-order valence-electron chi connectivity index (χ0n) is 12.4. The number of carbonyl (C=O) groups excluding carboxylic acids is 1. The first kappa shape index (κ1) is 18.2. The number of aliphatic hydroxyl groups is 1. The number of amides is 1. The highest BCUT2D eigenvalue weighted by molar-refractivity contribution is 5.76. The summed E-state index contributed by atoms with van der Waals surface area (Å²) in [6, 6.07) is 0. The van der Waals surface area contributed by atoms with Crippen LogP contribution in [0.1, 0.15) is 20.3 Å². The molecule has 0 radical (unpaired) electrons. The third-order valence-electron chi connectivity index (χ3n) is 3.06. The highest BCUT2D eigenvalue weighted by atomic mass is 19.4. The van der Waals surface area contributed by atoms with Crippen molar-refractivity contribution in [3.63, 3.8) is 0 Å². The van der Waals surface area contributed by atoms with Crippen molar-refractivity contribution in [3.8, 4) is 0 Å². The minimum atomic E-state index is -4.36. The van der Waals surface area contributed by atoms with E-state index in [0.717, 1.165) is 0 Å². The SMILES string of the molecule is CC(C)(O)CN1CCN(C(=O)CCOCC(F)(F)F)CC1. The van der Waals surface area contributed by atoms with Gasteiger partial charge in [0.15, 0.2) is 0 Å². The zero-order valence-corrected chi connectivity index (χ0v) is 12.4. The summed E-state index contributed by atoms with van der Waals surface area (Å²) in [6.07, 6.45) is -4.40. The van der Waals surface area contributed by atoms with Gasteiger partial charge in [-0.15, -0.1) is 0 Å². The van der Waals surface area contributed by atoms with E-state index in [1.807, 2.05) is 0 Å². The van der Waals surface area contributed by atoms with Crippen LogP contribution in [0, 0.1) is 0 Å². The molecule has 8 heteroatoms. The second kappa shape index (κ2) is 7.42. The molecule has 21 heavy (non-hydrogen) atoms. The Hall–Kier alpha value is -0.860. The molecule has 1 fully saturated rings. The topological polar surface area (TPSA) is 53.0 Å². The molecule has 1 saturated heterocycles. The van der Waals surface area contributed by atoms with Gasteiger partial charge < -0.3 is 14.7 Å². The highest BCUT2D eigenvalue weighted by Crippen LogP contribution is 2.14.